The quantitative estimate of drug-likeness (QED) is 0.552. The van der Waals surface area contributed by atoms with Gasteiger partial charge in [0.05, 0.1) is 5.92 Å². The molecule has 5 heteroatoms. The van der Waals surface area contributed by atoms with Crippen molar-refractivity contribution in [3.8, 4) is 5.88 Å². The average Bonchev–Trinajstić information content (AvgIpc) is 3.48. The lowest BCUT2D eigenvalue weighted by Gasteiger charge is -2.44. The molecule has 4 aliphatic carbocycles. The van der Waals surface area contributed by atoms with Gasteiger partial charge in [0, 0.05) is 11.8 Å². The van der Waals surface area contributed by atoms with E-state index in [1.54, 1.807) is 0 Å². The number of allylic oxidation sites excluding steroid dienone is 2. The standard InChI is InChI=1S/C25H25NO4/c1-2-16-18-11-17-14-8-9-15(10-14)19(17)22(27)20(18)23(28)21-24(16)30-26-25(21)29-12-13-6-4-3-5-7-13/h3-9,14-20H,2,10-12H2,1H3. The molecule has 7 atom stereocenters. The molecule has 6 rings (SSSR count). The van der Waals surface area contributed by atoms with Gasteiger partial charge in [0.15, 0.2) is 11.5 Å². The van der Waals surface area contributed by atoms with Gasteiger partial charge in [0.2, 0.25) is 0 Å². The Bertz CT molecular complexity index is 1040. The van der Waals surface area contributed by atoms with E-state index in [0.717, 1.165) is 24.8 Å². The largest absolute Gasteiger partial charge is 0.470 e. The highest BCUT2D eigenvalue weighted by molar-refractivity contribution is 6.14. The SMILES string of the molecule is CCC1c2onc(OCc3ccccc3)c2C(=O)C2C(=O)C3C4C=CC(C4)C3CC21. The highest BCUT2D eigenvalue weighted by Crippen LogP contribution is 2.59. The zero-order valence-electron chi connectivity index (χ0n) is 17.0. The lowest BCUT2D eigenvalue weighted by molar-refractivity contribution is -0.133. The lowest BCUT2D eigenvalue weighted by atomic mass is 9.56. The molecule has 0 saturated heterocycles. The third-order valence-electron chi connectivity index (χ3n) is 7.96. The lowest BCUT2D eigenvalue weighted by Crippen LogP contribution is -2.49. The van der Waals surface area contributed by atoms with E-state index in [2.05, 4.69) is 24.2 Å². The van der Waals surface area contributed by atoms with Crippen LogP contribution in [0.2, 0.25) is 0 Å². The van der Waals surface area contributed by atoms with E-state index in [1.165, 1.54) is 0 Å². The van der Waals surface area contributed by atoms with Crippen LogP contribution in [0, 0.1) is 35.5 Å². The molecule has 2 bridgehead atoms. The maximum atomic E-state index is 13.6. The van der Waals surface area contributed by atoms with Gasteiger partial charge in [-0.25, -0.2) is 0 Å². The molecule has 2 saturated carbocycles. The summed E-state index contributed by atoms with van der Waals surface area (Å²) >= 11 is 0. The molecule has 0 aliphatic heterocycles. The molecule has 0 amide bonds. The van der Waals surface area contributed by atoms with E-state index in [4.69, 9.17) is 9.26 Å². The molecule has 30 heavy (non-hydrogen) atoms. The van der Waals surface area contributed by atoms with E-state index in [0.29, 0.717) is 35.7 Å². The second-order valence-corrected chi connectivity index (χ2v) is 9.30. The molecule has 1 aromatic heterocycles. The van der Waals surface area contributed by atoms with Crippen molar-refractivity contribution in [3.63, 3.8) is 0 Å². The summed E-state index contributed by atoms with van der Waals surface area (Å²) in [6.07, 6.45) is 7.32. The van der Waals surface area contributed by atoms with Gasteiger partial charge < -0.3 is 9.26 Å². The van der Waals surface area contributed by atoms with Crippen molar-refractivity contribution < 1.29 is 18.8 Å². The molecular formula is C25H25NO4. The molecule has 7 unspecified atom stereocenters. The number of nitrogens with zero attached hydrogens (tertiary/aromatic N) is 1. The van der Waals surface area contributed by atoms with Crippen LogP contribution in [0.1, 0.15) is 53.8 Å². The molecule has 1 heterocycles. The van der Waals surface area contributed by atoms with Gasteiger partial charge >= 0.3 is 0 Å². The van der Waals surface area contributed by atoms with E-state index in [-0.39, 0.29) is 35.2 Å². The Morgan fingerprint density at radius 1 is 1.07 bits per heavy atom. The maximum Gasteiger partial charge on any atom is 0.265 e. The number of rotatable bonds is 4. The zero-order valence-corrected chi connectivity index (χ0v) is 17.0. The molecule has 0 radical (unpaired) electrons. The summed E-state index contributed by atoms with van der Waals surface area (Å²) in [6, 6.07) is 9.77. The summed E-state index contributed by atoms with van der Waals surface area (Å²) < 4.78 is 11.6. The highest BCUT2D eigenvalue weighted by atomic mass is 16.5. The van der Waals surface area contributed by atoms with Crippen LogP contribution in [-0.4, -0.2) is 16.7 Å². The van der Waals surface area contributed by atoms with Crippen molar-refractivity contribution >= 4 is 11.6 Å². The Kier molecular flexibility index (Phi) is 4.02. The number of ether oxygens (including phenoxy) is 1. The van der Waals surface area contributed by atoms with Crippen LogP contribution in [0.3, 0.4) is 0 Å². The van der Waals surface area contributed by atoms with Crippen LogP contribution in [0.25, 0.3) is 0 Å². The predicted octanol–water partition coefficient (Wildman–Crippen LogP) is 4.59. The van der Waals surface area contributed by atoms with Crippen molar-refractivity contribution in [1.82, 2.24) is 5.16 Å². The minimum atomic E-state index is -0.574. The fourth-order valence-corrected chi connectivity index (χ4v) is 6.69. The average molecular weight is 403 g/mol. The van der Waals surface area contributed by atoms with Gasteiger partial charge in [-0.3, -0.25) is 9.59 Å². The number of carbonyl (C=O) groups excluding carboxylic acids is 2. The summed E-state index contributed by atoms with van der Waals surface area (Å²) in [4.78, 5) is 27.2. The summed E-state index contributed by atoms with van der Waals surface area (Å²) in [5, 5.41) is 4.12. The molecule has 2 fully saturated rings. The van der Waals surface area contributed by atoms with Gasteiger partial charge in [0.25, 0.3) is 5.88 Å². The molecule has 0 N–H and O–H groups in total. The van der Waals surface area contributed by atoms with Crippen LogP contribution in [-0.2, 0) is 11.4 Å². The van der Waals surface area contributed by atoms with Gasteiger partial charge in [-0.2, -0.15) is 0 Å². The number of hydrogen-bond donors (Lipinski definition) is 0. The van der Waals surface area contributed by atoms with Crippen molar-refractivity contribution in [2.75, 3.05) is 0 Å². The van der Waals surface area contributed by atoms with E-state index in [1.807, 2.05) is 30.3 Å². The number of carbonyl (C=O) groups is 2. The number of hydrogen-bond acceptors (Lipinski definition) is 5. The minimum Gasteiger partial charge on any atom is -0.470 e. The summed E-state index contributed by atoms with van der Waals surface area (Å²) in [6.45, 7) is 2.41. The molecule has 5 nitrogen and oxygen atoms in total. The second kappa shape index (κ2) is 6.66. The van der Waals surface area contributed by atoms with Crippen LogP contribution >= 0.6 is 0 Å². The van der Waals surface area contributed by atoms with Crippen molar-refractivity contribution in [2.24, 2.45) is 35.5 Å². The number of aromatic nitrogens is 1. The first-order valence-corrected chi connectivity index (χ1v) is 11.1. The van der Waals surface area contributed by atoms with Crippen molar-refractivity contribution in [2.45, 2.75) is 38.7 Å². The first-order valence-electron chi connectivity index (χ1n) is 11.1. The maximum absolute atomic E-state index is 13.6. The van der Waals surface area contributed by atoms with Crippen LogP contribution < -0.4 is 4.74 Å². The molecule has 0 spiro atoms. The van der Waals surface area contributed by atoms with Crippen LogP contribution in [0.15, 0.2) is 47.0 Å². The molecule has 2 aromatic rings. The van der Waals surface area contributed by atoms with Gasteiger partial charge in [-0.1, -0.05) is 49.4 Å². The van der Waals surface area contributed by atoms with Gasteiger partial charge in [-0.05, 0) is 53.7 Å². The third kappa shape index (κ3) is 2.44. The van der Waals surface area contributed by atoms with Gasteiger partial charge in [-0.15, -0.1) is 0 Å². The Hall–Kier alpha value is -2.69. The fraction of sp³-hybridized carbons (Fsp3) is 0.480. The van der Waals surface area contributed by atoms with Crippen molar-refractivity contribution in [3.05, 3.63) is 59.4 Å². The van der Waals surface area contributed by atoms with Gasteiger partial charge in [0.1, 0.15) is 18.0 Å². The summed E-state index contributed by atoms with van der Waals surface area (Å²) in [5.41, 5.74) is 1.40. The Labute approximate surface area is 175 Å². The first-order chi connectivity index (χ1) is 14.7. The highest BCUT2D eigenvalue weighted by Gasteiger charge is 2.60. The second-order valence-electron chi connectivity index (χ2n) is 9.30. The predicted molar refractivity (Wildman–Crippen MR) is 109 cm³/mol. The first kappa shape index (κ1) is 18.1. The molecule has 1 aromatic carbocycles. The van der Waals surface area contributed by atoms with Crippen molar-refractivity contribution in [1.29, 1.82) is 0 Å². The number of Topliss-reactive ketones (excluding diaryl/α,β-unsaturated/α-hetero) is 2. The van der Waals surface area contributed by atoms with Crippen LogP contribution in [0.5, 0.6) is 5.88 Å². The number of ketones is 2. The Balaban J connectivity index is 1.35. The molecule has 154 valence electrons. The minimum absolute atomic E-state index is 0.0119. The fourth-order valence-electron chi connectivity index (χ4n) is 6.69. The molecular weight excluding hydrogens is 378 g/mol. The normalized spacial score (nSPS) is 35.8. The number of benzene rings is 1. The topological polar surface area (TPSA) is 69.4 Å². The van der Waals surface area contributed by atoms with E-state index >= 15 is 0 Å². The Morgan fingerprint density at radius 3 is 2.67 bits per heavy atom. The zero-order chi connectivity index (χ0) is 20.4. The number of fused-ring (bicyclic) bond motifs is 7. The Morgan fingerprint density at radius 2 is 1.87 bits per heavy atom. The summed E-state index contributed by atoms with van der Waals surface area (Å²) in [5.74, 6) is 1.56. The third-order valence-corrected chi connectivity index (χ3v) is 7.96. The van der Waals surface area contributed by atoms with E-state index < -0.39 is 5.92 Å². The molecule has 4 aliphatic rings. The monoisotopic (exact) mass is 403 g/mol. The van der Waals surface area contributed by atoms with E-state index in [9.17, 15) is 9.59 Å². The smallest absolute Gasteiger partial charge is 0.265 e. The summed E-state index contributed by atoms with van der Waals surface area (Å²) in [7, 11) is 0. The van der Waals surface area contributed by atoms with Crippen LogP contribution in [0.4, 0.5) is 0 Å².